The predicted octanol–water partition coefficient (Wildman–Crippen LogP) is 4.67. The third kappa shape index (κ3) is 3.68. The molecule has 25 heavy (non-hydrogen) atoms. The summed E-state index contributed by atoms with van der Waals surface area (Å²) in [5.74, 6) is -0.298. The Bertz CT molecular complexity index is 775. The van der Waals surface area contributed by atoms with Crippen LogP contribution >= 0.6 is 22.9 Å². The number of nitrogens with zero attached hydrogens (tertiary/aromatic N) is 1. The molecule has 0 aliphatic carbocycles. The predicted molar refractivity (Wildman–Crippen MR) is 103 cm³/mol. The van der Waals surface area contributed by atoms with E-state index in [0.717, 1.165) is 36.5 Å². The minimum Gasteiger partial charge on any atom is -0.462 e. The molecule has 1 unspecified atom stereocenters. The highest BCUT2D eigenvalue weighted by atomic mass is 35.5. The van der Waals surface area contributed by atoms with Crippen LogP contribution < -0.4 is 5.73 Å². The Hall–Kier alpha value is -1.56. The largest absolute Gasteiger partial charge is 0.462 e. The minimum absolute atomic E-state index is 0.298. The molecule has 1 aromatic carbocycles. The zero-order valence-corrected chi connectivity index (χ0v) is 16.1. The van der Waals surface area contributed by atoms with Crippen LogP contribution in [0.1, 0.15) is 52.7 Å². The van der Waals surface area contributed by atoms with E-state index in [4.69, 9.17) is 22.1 Å². The molecule has 134 valence electrons. The van der Waals surface area contributed by atoms with Crippen LogP contribution in [0.25, 0.3) is 0 Å². The van der Waals surface area contributed by atoms with Gasteiger partial charge in [-0.15, -0.1) is 11.3 Å². The molecule has 0 fully saturated rings. The molecule has 1 atom stereocenters. The van der Waals surface area contributed by atoms with E-state index in [1.165, 1.54) is 21.8 Å². The lowest BCUT2D eigenvalue weighted by molar-refractivity contribution is 0.0525. The molecule has 0 saturated heterocycles. The van der Waals surface area contributed by atoms with E-state index in [9.17, 15) is 4.79 Å². The molecular formula is C19H23ClN2O2S. The molecule has 1 aliphatic rings. The van der Waals surface area contributed by atoms with Gasteiger partial charge in [0, 0.05) is 29.0 Å². The quantitative estimate of drug-likeness (QED) is 0.768. The first kappa shape index (κ1) is 18.2. The number of halogens is 1. The van der Waals surface area contributed by atoms with Crippen LogP contribution in [-0.2, 0) is 17.7 Å². The van der Waals surface area contributed by atoms with Crippen LogP contribution in [-0.4, -0.2) is 24.0 Å². The van der Waals surface area contributed by atoms with Gasteiger partial charge in [-0.2, -0.15) is 0 Å². The van der Waals surface area contributed by atoms with Crippen molar-refractivity contribution in [3.05, 3.63) is 50.9 Å². The van der Waals surface area contributed by atoms with Gasteiger partial charge in [0.2, 0.25) is 0 Å². The SMILES string of the molecule is CCOC(=O)c1c(N)sc2c1CCN(C(CC)c1cccc(Cl)c1)C2. The summed E-state index contributed by atoms with van der Waals surface area (Å²) in [7, 11) is 0. The van der Waals surface area contributed by atoms with E-state index in [0.29, 0.717) is 23.2 Å². The molecule has 0 radical (unpaired) electrons. The number of anilines is 1. The Balaban J connectivity index is 1.86. The standard InChI is InChI=1S/C19H23ClN2O2S/c1-3-15(12-6-5-7-13(20)10-12)22-9-8-14-16(11-22)25-18(21)17(14)19(23)24-4-2/h5-7,10,15H,3-4,8-9,11,21H2,1-2H3. The van der Waals surface area contributed by atoms with E-state index < -0.39 is 0 Å². The van der Waals surface area contributed by atoms with Crippen molar-refractivity contribution in [2.24, 2.45) is 0 Å². The molecule has 2 N–H and O–H groups in total. The van der Waals surface area contributed by atoms with E-state index in [-0.39, 0.29) is 5.97 Å². The second kappa shape index (κ2) is 7.77. The molecule has 0 bridgehead atoms. The Morgan fingerprint density at radius 2 is 2.24 bits per heavy atom. The van der Waals surface area contributed by atoms with Crippen molar-refractivity contribution in [2.75, 3.05) is 18.9 Å². The number of carbonyl (C=O) groups excluding carboxylic acids is 1. The number of nitrogen functional groups attached to an aromatic ring is 1. The second-order valence-electron chi connectivity index (χ2n) is 6.16. The van der Waals surface area contributed by atoms with Crippen molar-refractivity contribution in [2.45, 2.75) is 39.3 Å². The lowest BCUT2D eigenvalue weighted by atomic mass is 9.97. The molecule has 1 aliphatic heterocycles. The number of hydrogen-bond acceptors (Lipinski definition) is 5. The third-order valence-electron chi connectivity index (χ3n) is 4.65. The lowest BCUT2D eigenvalue weighted by Gasteiger charge is -2.34. The topological polar surface area (TPSA) is 55.6 Å². The number of ether oxygens (including phenoxy) is 1. The zero-order chi connectivity index (χ0) is 18.0. The van der Waals surface area contributed by atoms with Crippen molar-refractivity contribution in [3.8, 4) is 0 Å². The maximum Gasteiger partial charge on any atom is 0.341 e. The normalized spacial score (nSPS) is 15.6. The summed E-state index contributed by atoms with van der Waals surface area (Å²) in [5, 5.41) is 1.33. The highest BCUT2D eigenvalue weighted by molar-refractivity contribution is 7.16. The highest BCUT2D eigenvalue weighted by Gasteiger charge is 2.30. The van der Waals surface area contributed by atoms with Crippen LogP contribution in [0.2, 0.25) is 5.02 Å². The fourth-order valence-corrected chi connectivity index (χ4v) is 4.89. The molecule has 2 heterocycles. The molecule has 6 heteroatoms. The van der Waals surface area contributed by atoms with Gasteiger partial charge in [-0.1, -0.05) is 30.7 Å². The number of nitrogens with two attached hydrogens (primary N) is 1. The lowest BCUT2D eigenvalue weighted by Crippen LogP contribution is -2.33. The summed E-state index contributed by atoms with van der Waals surface area (Å²) in [6, 6.07) is 8.37. The van der Waals surface area contributed by atoms with Gasteiger partial charge in [-0.05, 0) is 43.0 Å². The first-order valence-electron chi connectivity index (χ1n) is 8.61. The monoisotopic (exact) mass is 378 g/mol. The number of fused-ring (bicyclic) bond motifs is 1. The van der Waals surface area contributed by atoms with Gasteiger partial charge in [0.15, 0.2) is 0 Å². The van der Waals surface area contributed by atoms with E-state index in [1.807, 2.05) is 25.1 Å². The Labute approximate surface area is 157 Å². The Kier molecular flexibility index (Phi) is 5.67. The van der Waals surface area contributed by atoms with Gasteiger partial charge in [0.05, 0.1) is 12.2 Å². The average Bonchev–Trinajstić information content (AvgIpc) is 2.91. The second-order valence-corrected chi connectivity index (χ2v) is 7.74. The van der Waals surface area contributed by atoms with Crippen molar-refractivity contribution in [3.63, 3.8) is 0 Å². The molecule has 0 spiro atoms. The first-order chi connectivity index (χ1) is 12.0. The average molecular weight is 379 g/mol. The number of carbonyl (C=O) groups is 1. The van der Waals surface area contributed by atoms with Gasteiger partial charge in [-0.25, -0.2) is 4.79 Å². The molecule has 3 rings (SSSR count). The van der Waals surface area contributed by atoms with Gasteiger partial charge in [-0.3, -0.25) is 4.90 Å². The van der Waals surface area contributed by atoms with E-state index >= 15 is 0 Å². The summed E-state index contributed by atoms with van der Waals surface area (Å²) in [4.78, 5) is 15.8. The molecule has 0 amide bonds. The van der Waals surface area contributed by atoms with Gasteiger partial charge in [0.25, 0.3) is 0 Å². The first-order valence-corrected chi connectivity index (χ1v) is 9.81. The number of hydrogen-bond donors (Lipinski definition) is 1. The molecular weight excluding hydrogens is 356 g/mol. The number of benzene rings is 1. The summed E-state index contributed by atoms with van der Waals surface area (Å²) in [6.45, 7) is 6.05. The third-order valence-corrected chi connectivity index (χ3v) is 5.94. The Morgan fingerprint density at radius 3 is 2.92 bits per heavy atom. The van der Waals surface area contributed by atoms with Crippen LogP contribution in [0, 0.1) is 0 Å². The van der Waals surface area contributed by atoms with Crippen molar-refractivity contribution in [1.29, 1.82) is 0 Å². The Morgan fingerprint density at radius 1 is 1.44 bits per heavy atom. The van der Waals surface area contributed by atoms with E-state index in [2.05, 4.69) is 17.9 Å². The van der Waals surface area contributed by atoms with Crippen molar-refractivity contribution >= 4 is 33.9 Å². The minimum atomic E-state index is -0.298. The zero-order valence-electron chi connectivity index (χ0n) is 14.5. The van der Waals surface area contributed by atoms with Gasteiger partial charge in [0.1, 0.15) is 5.00 Å². The molecule has 1 aromatic heterocycles. The summed E-state index contributed by atoms with van der Waals surface area (Å²) < 4.78 is 5.17. The number of esters is 1. The highest BCUT2D eigenvalue weighted by Crippen LogP contribution is 2.38. The van der Waals surface area contributed by atoms with Crippen LogP contribution in [0.5, 0.6) is 0 Å². The number of thiophene rings is 1. The molecule has 0 saturated carbocycles. The van der Waals surface area contributed by atoms with Crippen LogP contribution in [0.3, 0.4) is 0 Å². The summed E-state index contributed by atoms with van der Waals surface area (Å²) in [6.07, 6.45) is 1.81. The summed E-state index contributed by atoms with van der Waals surface area (Å²) >= 11 is 7.68. The molecule has 2 aromatic rings. The van der Waals surface area contributed by atoms with Gasteiger partial charge < -0.3 is 10.5 Å². The smallest absolute Gasteiger partial charge is 0.341 e. The van der Waals surface area contributed by atoms with Crippen molar-refractivity contribution < 1.29 is 9.53 Å². The summed E-state index contributed by atoms with van der Waals surface area (Å²) in [5.41, 5.74) is 9.00. The molecule has 4 nitrogen and oxygen atoms in total. The van der Waals surface area contributed by atoms with Crippen LogP contribution in [0.4, 0.5) is 5.00 Å². The fraction of sp³-hybridized carbons (Fsp3) is 0.421. The van der Waals surface area contributed by atoms with Crippen molar-refractivity contribution in [1.82, 2.24) is 4.90 Å². The van der Waals surface area contributed by atoms with Crippen LogP contribution in [0.15, 0.2) is 24.3 Å². The fourth-order valence-electron chi connectivity index (χ4n) is 3.56. The number of rotatable bonds is 5. The van der Waals surface area contributed by atoms with E-state index in [1.54, 1.807) is 0 Å². The van der Waals surface area contributed by atoms with Gasteiger partial charge >= 0.3 is 5.97 Å². The maximum absolute atomic E-state index is 12.2. The maximum atomic E-state index is 12.2.